The highest BCUT2D eigenvalue weighted by molar-refractivity contribution is 9.10. The highest BCUT2D eigenvalue weighted by Gasteiger charge is 2.13. The van der Waals surface area contributed by atoms with Crippen LogP contribution in [0.5, 0.6) is 0 Å². The van der Waals surface area contributed by atoms with Gasteiger partial charge in [-0.1, -0.05) is 11.6 Å². The monoisotopic (exact) mass is 292 g/mol. The molecule has 2 N–H and O–H groups in total. The third-order valence-electron chi connectivity index (χ3n) is 1.70. The number of carbonyl (C=O) groups excluding carboxylic acids is 1. The molecule has 0 bridgehead atoms. The second-order valence-electron chi connectivity index (χ2n) is 3.05. The number of nitrogens with one attached hydrogen (secondary N) is 1. The lowest BCUT2D eigenvalue weighted by Crippen LogP contribution is -2.35. The number of aromatic nitrogens is 1. The predicted octanol–water partition coefficient (Wildman–Crippen LogP) is 1.61. The first-order valence-corrected chi connectivity index (χ1v) is 5.44. The Morgan fingerprint density at radius 3 is 3.07 bits per heavy atom. The second kappa shape index (κ2) is 5.44. The smallest absolute Gasteiger partial charge is 0.254 e. The van der Waals surface area contributed by atoms with E-state index < -0.39 is 0 Å². The summed E-state index contributed by atoms with van der Waals surface area (Å²) in [6.45, 7) is 1.57. The number of amides is 1. The van der Waals surface area contributed by atoms with E-state index in [4.69, 9.17) is 16.7 Å². The molecule has 1 aromatic heterocycles. The Bertz CT molecular complexity index is 373. The van der Waals surface area contributed by atoms with Crippen LogP contribution in [-0.4, -0.2) is 28.6 Å². The van der Waals surface area contributed by atoms with Gasteiger partial charge in [-0.25, -0.2) is 4.98 Å². The minimum absolute atomic E-state index is 0.120. The van der Waals surface area contributed by atoms with E-state index in [2.05, 4.69) is 26.2 Å². The fourth-order valence-corrected chi connectivity index (χ4v) is 1.45. The molecule has 1 aromatic rings. The zero-order chi connectivity index (χ0) is 11.4. The Hall–Kier alpha value is -0.650. The van der Waals surface area contributed by atoms with Crippen molar-refractivity contribution in [3.8, 4) is 0 Å². The Labute approximate surface area is 101 Å². The Morgan fingerprint density at radius 2 is 2.47 bits per heavy atom. The summed E-state index contributed by atoms with van der Waals surface area (Å²) >= 11 is 8.96. The molecule has 0 saturated carbocycles. The molecule has 0 aliphatic rings. The van der Waals surface area contributed by atoms with Gasteiger partial charge in [0.05, 0.1) is 12.2 Å². The van der Waals surface area contributed by atoms with Gasteiger partial charge in [-0.3, -0.25) is 4.79 Å². The summed E-state index contributed by atoms with van der Waals surface area (Å²) in [6, 6.07) is 1.27. The van der Waals surface area contributed by atoms with Crippen molar-refractivity contribution in [1.29, 1.82) is 0 Å². The summed E-state index contributed by atoms with van der Waals surface area (Å²) < 4.78 is 0.675. The van der Waals surface area contributed by atoms with Crippen molar-refractivity contribution in [3.05, 3.63) is 27.5 Å². The molecular weight excluding hydrogens is 283 g/mol. The summed E-state index contributed by atoms with van der Waals surface area (Å²) in [5, 5.41) is 11.5. The number of pyridine rings is 1. The molecule has 0 aliphatic heterocycles. The number of aliphatic hydroxyl groups excluding tert-OH is 1. The lowest BCUT2D eigenvalue weighted by molar-refractivity contribution is 0.0922. The van der Waals surface area contributed by atoms with E-state index in [1.807, 2.05) is 0 Å². The van der Waals surface area contributed by atoms with Crippen LogP contribution in [0.25, 0.3) is 0 Å². The van der Waals surface area contributed by atoms with Gasteiger partial charge in [0.25, 0.3) is 5.91 Å². The first kappa shape index (κ1) is 12.4. The first-order valence-electron chi connectivity index (χ1n) is 4.27. The molecule has 0 aromatic carbocycles. The third kappa shape index (κ3) is 3.44. The lowest BCUT2D eigenvalue weighted by atomic mass is 10.2. The highest BCUT2D eigenvalue weighted by Crippen LogP contribution is 2.17. The Balaban J connectivity index is 2.86. The van der Waals surface area contributed by atoms with E-state index in [0.29, 0.717) is 4.47 Å². The molecule has 15 heavy (non-hydrogen) atoms. The minimum atomic E-state index is -0.352. The number of carbonyl (C=O) groups is 1. The van der Waals surface area contributed by atoms with E-state index in [9.17, 15) is 4.79 Å². The van der Waals surface area contributed by atoms with Crippen LogP contribution >= 0.6 is 27.5 Å². The second-order valence-corrected chi connectivity index (χ2v) is 4.32. The average Bonchev–Trinajstić information content (AvgIpc) is 2.21. The number of nitrogens with zero attached hydrogens (tertiary/aromatic N) is 1. The summed E-state index contributed by atoms with van der Waals surface area (Å²) in [6.07, 6.45) is 1.51. The van der Waals surface area contributed by atoms with Gasteiger partial charge in [-0.15, -0.1) is 0 Å². The standard InChI is InChI=1S/C9H10BrClN2O2/c1-5(4-14)13-9(15)7-2-6(10)3-12-8(7)11/h2-3,5,14H,4H2,1H3,(H,13,15)/t5-/m0/s1. The number of hydrogen-bond donors (Lipinski definition) is 2. The molecule has 0 radical (unpaired) electrons. The molecule has 0 aliphatic carbocycles. The van der Waals surface area contributed by atoms with Crippen LogP contribution in [0.4, 0.5) is 0 Å². The molecule has 0 spiro atoms. The summed E-state index contributed by atoms with van der Waals surface area (Å²) in [7, 11) is 0. The van der Waals surface area contributed by atoms with Crippen LogP contribution in [0.3, 0.4) is 0 Å². The van der Waals surface area contributed by atoms with E-state index in [1.54, 1.807) is 13.0 Å². The van der Waals surface area contributed by atoms with Crippen molar-refractivity contribution in [2.24, 2.45) is 0 Å². The van der Waals surface area contributed by atoms with Gasteiger partial charge in [0.2, 0.25) is 0 Å². The topological polar surface area (TPSA) is 62.2 Å². The van der Waals surface area contributed by atoms with Crippen LogP contribution in [0.2, 0.25) is 5.15 Å². The molecule has 0 fully saturated rings. The van der Waals surface area contributed by atoms with Crippen LogP contribution in [0.15, 0.2) is 16.7 Å². The SMILES string of the molecule is C[C@@H](CO)NC(=O)c1cc(Br)cnc1Cl. The fraction of sp³-hybridized carbons (Fsp3) is 0.333. The van der Waals surface area contributed by atoms with Gasteiger partial charge in [-0.2, -0.15) is 0 Å². The maximum Gasteiger partial charge on any atom is 0.254 e. The predicted molar refractivity (Wildman–Crippen MR) is 61.0 cm³/mol. The maximum atomic E-state index is 11.6. The first-order chi connectivity index (χ1) is 7.04. The van der Waals surface area contributed by atoms with Crippen LogP contribution in [0, 0.1) is 0 Å². The number of rotatable bonds is 3. The minimum Gasteiger partial charge on any atom is -0.394 e. The van der Waals surface area contributed by atoms with Gasteiger partial charge in [-0.05, 0) is 28.9 Å². The lowest BCUT2D eigenvalue weighted by Gasteiger charge is -2.11. The van der Waals surface area contributed by atoms with Crippen LogP contribution in [0.1, 0.15) is 17.3 Å². The van der Waals surface area contributed by atoms with Crippen molar-refractivity contribution in [3.63, 3.8) is 0 Å². The van der Waals surface area contributed by atoms with E-state index in [-0.39, 0.29) is 29.3 Å². The van der Waals surface area contributed by atoms with Crippen molar-refractivity contribution in [1.82, 2.24) is 10.3 Å². The molecule has 82 valence electrons. The highest BCUT2D eigenvalue weighted by atomic mass is 79.9. The Morgan fingerprint density at radius 1 is 1.80 bits per heavy atom. The number of hydrogen-bond acceptors (Lipinski definition) is 3. The van der Waals surface area contributed by atoms with Crippen molar-refractivity contribution < 1.29 is 9.90 Å². The van der Waals surface area contributed by atoms with E-state index >= 15 is 0 Å². The molecule has 6 heteroatoms. The largest absolute Gasteiger partial charge is 0.394 e. The fourth-order valence-electron chi connectivity index (χ4n) is 0.929. The molecule has 0 unspecified atom stereocenters. The molecule has 1 rings (SSSR count). The van der Waals surface area contributed by atoms with Gasteiger partial charge in [0.1, 0.15) is 5.15 Å². The van der Waals surface area contributed by atoms with Crippen LogP contribution in [-0.2, 0) is 0 Å². The molecule has 1 atom stereocenters. The summed E-state index contributed by atoms with van der Waals surface area (Å²) in [4.78, 5) is 15.4. The van der Waals surface area contributed by atoms with Crippen molar-refractivity contribution in [2.45, 2.75) is 13.0 Å². The molecular formula is C9H10BrClN2O2. The number of halogens is 2. The Kier molecular flexibility index (Phi) is 4.50. The van der Waals surface area contributed by atoms with Crippen molar-refractivity contribution in [2.75, 3.05) is 6.61 Å². The van der Waals surface area contributed by atoms with Gasteiger partial charge in [0, 0.05) is 16.7 Å². The van der Waals surface area contributed by atoms with E-state index in [0.717, 1.165) is 0 Å². The van der Waals surface area contributed by atoms with Gasteiger partial charge in [0.15, 0.2) is 0 Å². The maximum absolute atomic E-state index is 11.6. The molecule has 4 nitrogen and oxygen atoms in total. The summed E-state index contributed by atoms with van der Waals surface area (Å²) in [5.41, 5.74) is 0.284. The van der Waals surface area contributed by atoms with Crippen molar-refractivity contribution >= 4 is 33.4 Å². The van der Waals surface area contributed by atoms with Gasteiger partial charge < -0.3 is 10.4 Å². The zero-order valence-corrected chi connectivity index (χ0v) is 10.3. The quantitative estimate of drug-likeness (QED) is 0.832. The average molecular weight is 294 g/mol. The zero-order valence-electron chi connectivity index (χ0n) is 8.00. The molecule has 1 heterocycles. The van der Waals surface area contributed by atoms with Gasteiger partial charge >= 0.3 is 0 Å². The normalized spacial score (nSPS) is 12.3. The summed E-state index contributed by atoms with van der Waals surface area (Å²) in [5.74, 6) is -0.352. The van der Waals surface area contributed by atoms with E-state index in [1.165, 1.54) is 6.20 Å². The third-order valence-corrected chi connectivity index (χ3v) is 2.44. The number of aliphatic hydroxyl groups is 1. The van der Waals surface area contributed by atoms with Crippen LogP contribution < -0.4 is 5.32 Å². The molecule has 0 saturated heterocycles. The molecule has 1 amide bonds.